The summed E-state index contributed by atoms with van der Waals surface area (Å²) in [4.78, 5) is 2.42. The number of anilines is 3. The Morgan fingerprint density at radius 1 is 0.351 bits per heavy atom. The van der Waals surface area contributed by atoms with Crippen molar-refractivity contribution >= 4 is 49.8 Å². The highest BCUT2D eigenvalue weighted by Crippen LogP contribution is 2.51. The van der Waals surface area contributed by atoms with Gasteiger partial charge in [0.25, 0.3) is 0 Å². The zero-order valence-corrected chi connectivity index (χ0v) is 31.9. The van der Waals surface area contributed by atoms with E-state index < -0.39 is 0 Å². The van der Waals surface area contributed by atoms with Gasteiger partial charge >= 0.3 is 0 Å². The summed E-state index contributed by atoms with van der Waals surface area (Å²) in [5, 5.41) is 4.67. The number of hydrogen-bond acceptors (Lipinski definition) is 2. The lowest BCUT2D eigenvalue weighted by atomic mass is 9.82. The summed E-state index contributed by atoms with van der Waals surface area (Å²) < 4.78 is 6.89. The van der Waals surface area contributed by atoms with Crippen LogP contribution in [0.15, 0.2) is 205 Å². The molecular weight excluding hydrogens is 691 g/mol. The number of rotatable bonds is 6. The Morgan fingerprint density at radius 3 is 1.61 bits per heavy atom. The average Bonchev–Trinajstić information content (AvgIpc) is 3.75. The van der Waals surface area contributed by atoms with Crippen LogP contribution in [-0.2, 0) is 5.41 Å². The molecule has 11 rings (SSSR count). The van der Waals surface area contributed by atoms with Crippen LogP contribution in [0.4, 0.5) is 17.1 Å². The van der Waals surface area contributed by atoms with Crippen LogP contribution in [0.1, 0.15) is 25.0 Å². The van der Waals surface area contributed by atoms with Crippen LogP contribution in [0.3, 0.4) is 0 Å². The Hall–Kier alpha value is -7.16. The molecule has 57 heavy (non-hydrogen) atoms. The van der Waals surface area contributed by atoms with Crippen molar-refractivity contribution in [3.63, 3.8) is 0 Å². The van der Waals surface area contributed by atoms with Crippen molar-refractivity contribution in [3.8, 4) is 44.5 Å². The summed E-state index contributed by atoms with van der Waals surface area (Å²) in [6, 6.07) is 72.6. The summed E-state index contributed by atoms with van der Waals surface area (Å²) in [6.45, 7) is 4.70. The number of furan rings is 1. The number of fused-ring (bicyclic) bond motifs is 8. The molecule has 2 nitrogen and oxygen atoms in total. The average molecular weight is 730 g/mol. The van der Waals surface area contributed by atoms with Crippen LogP contribution in [0.25, 0.3) is 77.2 Å². The Labute approximate surface area is 332 Å². The molecule has 0 atom stereocenters. The first-order chi connectivity index (χ1) is 28.0. The fourth-order valence-corrected chi connectivity index (χ4v) is 9.24. The van der Waals surface area contributed by atoms with Crippen molar-refractivity contribution in [2.75, 3.05) is 4.90 Å². The van der Waals surface area contributed by atoms with E-state index in [0.29, 0.717) is 0 Å². The lowest BCUT2D eigenvalue weighted by Crippen LogP contribution is -2.16. The van der Waals surface area contributed by atoms with Crippen LogP contribution in [0.5, 0.6) is 0 Å². The van der Waals surface area contributed by atoms with E-state index in [1.807, 2.05) is 0 Å². The van der Waals surface area contributed by atoms with Gasteiger partial charge in [-0.05, 0) is 115 Å². The summed E-state index contributed by atoms with van der Waals surface area (Å²) in [7, 11) is 0. The highest BCUT2D eigenvalue weighted by molar-refractivity contribution is 6.22. The maximum Gasteiger partial charge on any atom is 0.137 e. The molecule has 0 spiro atoms. The van der Waals surface area contributed by atoms with Gasteiger partial charge in [0.15, 0.2) is 0 Å². The van der Waals surface area contributed by atoms with Gasteiger partial charge in [-0.15, -0.1) is 0 Å². The third kappa shape index (κ3) is 5.40. The zero-order chi connectivity index (χ0) is 38.1. The number of benzene rings is 9. The largest absolute Gasteiger partial charge is 0.456 e. The molecule has 0 fully saturated rings. The molecular formula is C55H39NO. The second-order valence-electron chi connectivity index (χ2n) is 15.7. The summed E-state index contributed by atoms with van der Waals surface area (Å²) in [6.07, 6.45) is 0. The van der Waals surface area contributed by atoms with Gasteiger partial charge in [0.1, 0.15) is 11.2 Å². The third-order valence-electron chi connectivity index (χ3n) is 12.0. The van der Waals surface area contributed by atoms with Gasteiger partial charge in [-0.1, -0.05) is 159 Å². The van der Waals surface area contributed by atoms with E-state index in [4.69, 9.17) is 4.42 Å². The van der Waals surface area contributed by atoms with Crippen LogP contribution in [-0.4, -0.2) is 0 Å². The van der Waals surface area contributed by atoms with Crippen LogP contribution >= 0.6 is 0 Å². The van der Waals surface area contributed by atoms with Crippen LogP contribution < -0.4 is 4.90 Å². The Balaban J connectivity index is 1.16. The zero-order valence-electron chi connectivity index (χ0n) is 31.9. The van der Waals surface area contributed by atoms with Crippen molar-refractivity contribution in [3.05, 3.63) is 211 Å². The third-order valence-corrected chi connectivity index (χ3v) is 12.0. The van der Waals surface area contributed by atoms with Gasteiger partial charge in [0, 0.05) is 39.3 Å². The topological polar surface area (TPSA) is 16.4 Å². The van der Waals surface area contributed by atoms with Gasteiger partial charge in [-0.3, -0.25) is 0 Å². The molecule has 1 aromatic heterocycles. The molecule has 1 aliphatic rings. The maximum atomic E-state index is 6.89. The number of nitrogens with zero attached hydrogens (tertiary/aromatic N) is 1. The minimum Gasteiger partial charge on any atom is -0.456 e. The highest BCUT2D eigenvalue weighted by atomic mass is 16.3. The monoisotopic (exact) mass is 729 g/mol. The number of hydrogen-bond donors (Lipinski definition) is 0. The quantitative estimate of drug-likeness (QED) is 0.169. The predicted molar refractivity (Wildman–Crippen MR) is 240 cm³/mol. The fourth-order valence-electron chi connectivity index (χ4n) is 9.24. The van der Waals surface area contributed by atoms with Crippen molar-refractivity contribution < 1.29 is 4.42 Å². The normalized spacial score (nSPS) is 12.9. The molecule has 270 valence electrons. The Morgan fingerprint density at radius 2 is 0.912 bits per heavy atom. The lowest BCUT2D eigenvalue weighted by molar-refractivity contribution is 0.660. The predicted octanol–water partition coefficient (Wildman–Crippen LogP) is 15.5. The minimum atomic E-state index is -0.144. The molecule has 0 unspecified atom stereocenters. The van der Waals surface area contributed by atoms with Gasteiger partial charge in [-0.2, -0.15) is 0 Å². The highest BCUT2D eigenvalue weighted by Gasteiger charge is 2.36. The maximum absolute atomic E-state index is 6.89. The molecule has 2 heteroatoms. The van der Waals surface area contributed by atoms with Gasteiger partial charge < -0.3 is 9.32 Å². The first-order valence-corrected chi connectivity index (χ1v) is 19.8. The van der Waals surface area contributed by atoms with E-state index in [1.165, 1.54) is 55.3 Å². The first-order valence-electron chi connectivity index (χ1n) is 19.8. The molecule has 9 aromatic carbocycles. The lowest BCUT2D eigenvalue weighted by Gasteiger charge is -2.29. The SMILES string of the molecule is CC1(C)c2ccccc2-c2ccc(N(c3cc(-c4ccccc4)cc(-c4ccccc4)c3)c3ccc4c(c3)oc3cc(-c5ccccc5)c5ccccc5c34)cc21. The van der Waals surface area contributed by atoms with E-state index >= 15 is 0 Å². The summed E-state index contributed by atoms with van der Waals surface area (Å²) in [5.74, 6) is 0. The van der Waals surface area contributed by atoms with E-state index in [2.05, 4.69) is 219 Å². The molecule has 1 aliphatic carbocycles. The van der Waals surface area contributed by atoms with Crippen LogP contribution in [0, 0.1) is 0 Å². The smallest absolute Gasteiger partial charge is 0.137 e. The second kappa shape index (κ2) is 13.0. The second-order valence-corrected chi connectivity index (χ2v) is 15.7. The molecule has 10 aromatic rings. The molecule has 0 aliphatic heterocycles. The molecule has 0 amide bonds. The van der Waals surface area contributed by atoms with Crippen molar-refractivity contribution in [1.82, 2.24) is 0 Å². The first kappa shape index (κ1) is 33.2. The van der Waals surface area contributed by atoms with E-state index in [0.717, 1.165) is 50.1 Å². The van der Waals surface area contributed by atoms with Crippen LogP contribution in [0.2, 0.25) is 0 Å². The van der Waals surface area contributed by atoms with Crippen molar-refractivity contribution in [1.29, 1.82) is 0 Å². The summed E-state index contributed by atoms with van der Waals surface area (Å²) in [5.41, 5.74) is 17.2. The van der Waals surface area contributed by atoms with Gasteiger partial charge in [0.05, 0.1) is 0 Å². The van der Waals surface area contributed by atoms with Crippen molar-refractivity contribution in [2.45, 2.75) is 19.3 Å². The van der Waals surface area contributed by atoms with E-state index in [-0.39, 0.29) is 5.41 Å². The minimum absolute atomic E-state index is 0.144. The molecule has 0 saturated heterocycles. The van der Waals surface area contributed by atoms with Gasteiger partial charge in [0.2, 0.25) is 0 Å². The van der Waals surface area contributed by atoms with E-state index in [1.54, 1.807) is 0 Å². The standard InChI is InChI=1S/C55H39NO/c1-55(2)50-25-15-14-23-45(50)46-28-26-41(33-51(46)55)56(43-31-39(36-16-6-3-7-17-36)30-40(32-43)37-18-8-4-9-19-37)42-27-29-48-52(34-42)57-53-35-49(38-20-10-5-11-21-38)44-22-12-13-24-47(44)54(48)53/h3-35H,1-2H3. The Kier molecular flexibility index (Phi) is 7.55. The van der Waals surface area contributed by atoms with Gasteiger partial charge in [-0.25, -0.2) is 0 Å². The molecule has 1 heterocycles. The van der Waals surface area contributed by atoms with E-state index in [9.17, 15) is 0 Å². The Bertz CT molecular complexity index is 3080. The summed E-state index contributed by atoms with van der Waals surface area (Å²) >= 11 is 0. The molecule has 0 N–H and O–H groups in total. The molecule has 0 saturated carbocycles. The molecule has 0 radical (unpaired) electrons. The fraction of sp³-hybridized carbons (Fsp3) is 0.0545. The molecule has 0 bridgehead atoms. The van der Waals surface area contributed by atoms with Crippen molar-refractivity contribution in [2.24, 2.45) is 0 Å².